The van der Waals surface area contributed by atoms with Crippen molar-refractivity contribution in [2.75, 3.05) is 0 Å². The van der Waals surface area contributed by atoms with Crippen LogP contribution >= 0.6 is 0 Å². The summed E-state index contributed by atoms with van der Waals surface area (Å²) in [4.78, 5) is 14.3. The monoisotopic (exact) mass is 652 g/mol. The highest BCUT2D eigenvalue weighted by molar-refractivity contribution is 6.26. The molecule has 4 nitrogen and oxygen atoms in total. The number of aryl methyl sites for hydroxylation is 1. The molecule has 244 valence electrons. The minimum atomic E-state index is -2.37. The van der Waals surface area contributed by atoms with Crippen LogP contribution < -0.4 is 4.74 Å². The number of pyridine rings is 2. The zero-order valence-electron chi connectivity index (χ0n) is 31.6. The minimum Gasteiger partial charge on any atom is -0.457 e. The molecule has 0 fully saturated rings. The van der Waals surface area contributed by atoms with Crippen LogP contribution in [0.3, 0.4) is 0 Å². The smallest absolute Gasteiger partial charge is 0.128 e. The average molecular weight is 653 g/mol. The number of hydrogen-bond donors (Lipinski definition) is 0. The molecule has 1 aliphatic heterocycles. The number of hydrogen-bond acceptors (Lipinski definition) is 4. The molecule has 0 bridgehead atoms. The van der Waals surface area contributed by atoms with E-state index < -0.39 is 6.85 Å². The van der Waals surface area contributed by atoms with Gasteiger partial charge in [0.05, 0.1) is 22.8 Å². The molecule has 0 radical (unpaired) electrons. The van der Waals surface area contributed by atoms with Gasteiger partial charge in [-0.1, -0.05) is 100 Å². The number of aliphatic imine (C=N–C) groups is 1. The molecule has 0 N–H and O–H groups in total. The van der Waals surface area contributed by atoms with Crippen LogP contribution in [0.25, 0.3) is 44.4 Å². The predicted molar refractivity (Wildman–Crippen MR) is 207 cm³/mol. The van der Waals surface area contributed by atoms with Gasteiger partial charge in [-0.05, 0) is 100 Å². The fourth-order valence-corrected chi connectivity index (χ4v) is 7.01. The SMILES string of the molecule is [2H]C([2H])([2H])c1cnc(-c2cccc(Oc3cccc(-c4cc(-c5c(C(C)C)cccc5C(C)C)ccn4)c3)c2)cc1C1=Nc2cccc3cccc1c23. The number of benzene rings is 5. The van der Waals surface area contributed by atoms with E-state index in [1.807, 2.05) is 91.1 Å². The summed E-state index contributed by atoms with van der Waals surface area (Å²) >= 11 is 0. The van der Waals surface area contributed by atoms with Crippen molar-refractivity contribution < 1.29 is 8.85 Å². The van der Waals surface area contributed by atoms with Crippen molar-refractivity contribution in [3.63, 3.8) is 0 Å². The molecule has 1 aliphatic rings. The maximum absolute atomic E-state index is 8.32. The summed E-state index contributed by atoms with van der Waals surface area (Å²) in [7, 11) is 0. The first-order valence-corrected chi connectivity index (χ1v) is 17.1. The van der Waals surface area contributed by atoms with Crippen molar-refractivity contribution in [3.8, 4) is 45.1 Å². The third kappa shape index (κ3) is 5.77. The molecule has 7 aromatic rings. The van der Waals surface area contributed by atoms with Crippen LogP contribution in [-0.2, 0) is 0 Å². The molecule has 0 saturated carbocycles. The van der Waals surface area contributed by atoms with E-state index in [9.17, 15) is 0 Å². The van der Waals surface area contributed by atoms with Gasteiger partial charge in [0, 0.05) is 44.1 Å². The van der Waals surface area contributed by atoms with E-state index in [1.165, 1.54) is 22.9 Å². The lowest BCUT2D eigenvalue weighted by Crippen LogP contribution is -2.04. The van der Waals surface area contributed by atoms with Crippen LogP contribution in [0.5, 0.6) is 11.5 Å². The molecule has 5 aromatic carbocycles. The Morgan fingerprint density at radius 2 is 1.24 bits per heavy atom. The lowest BCUT2D eigenvalue weighted by Gasteiger charge is -2.20. The largest absolute Gasteiger partial charge is 0.457 e. The van der Waals surface area contributed by atoms with E-state index in [0.717, 1.165) is 44.4 Å². The first-order chi connectivity index (χ1) is 25.5. The zero-order chi connectivity index (χ0) is 36.9. The maximum atomic E-state index is 8.32. The second kappa shape index (κ2) is 12.9. The Bertz CT molecular complexity index is 2520. The van der Waals surface area contributed by atoms with Gasteiger partial charge in [0.15, 0.2) is 0 Å². The van der Waals surface area contributed by atoms with E-state index >= 15 is 0 Å². The van der Waals surface area contributed by atoms with E-state index in [2.05, 4.69) is 69.1 Å². The van der Waals surface area contributed by atoms with Gasteiger partial charge in [0.1, 0.15) is 11.5 Å². The molecule has 0 aliphatic carbocycles. The summed E-state index contributed by atoms with van der Waals surface area (Å²) in [6.45, 7) is 6.60. The minimum absolute atomic E-state index is 0.167. The Hall–Kier alpha value is -5.87. The molecular formula is C46H39N3O. The Morgan fingerprint density at radius 3 is 1.92 bits per heavy atom. The Labute approximate surface area is 298 Å². The second-order valence-corrected chi connectivity index (χ2v) is 13.5. The normalized spacial score (nSPS) is 13.3. The van der Waals surface area contributed by atoms with Gasteiger partial charge in [-0.25, -0.2) is 4.99 Å². The van der Waals surface area contributed by atoms with Crippen LogP contribution in [0.1, 0.15) is 71.5 Å². The summed E-state index contributed by atoms with van der Waals surface area (Å²) in [5.41, 5.74) is 11.5. The highest BCUT2D eigenvalue weighted by Crippen LogP contribution is 2.40. The van der Waals surface area contributed by atoms with Crippen LogP contribution in [0, 0.1) is 6.85 Å². The van der Waals surface area contributed by atoms with Crippen molar-refractivity contribution in [1.82, 2.24) is 9.97 Å². The molecule has 2 aromatic heterocycles. The number of rotatable bonds is 8. The Balaban J connectivity index is 1.11. The Morgan fingerprint density at radius 1 is 0.600 bits per heavy atom. The molecule has 0 unspecified atom stereocenters. The highest BCUT2D eigenvalue weighted by atomic mass is 16.5. The first kappa shape index (κ1) is 28.0. The van der Waals surface area contributed by atoms with E-state index in [4.69, 9.17) is 18.8 Å². The van der Waals surface area contributed by atoms with Crippen LogP contribution in [-0.4, -0.2) is 15.7 Å². The molecule has 0 atom stereocenters. The maximum Gasteiger partial charge on any atom is 0.128 e. The van der Waals surface area contributed by atoms with Gasteiger partial charge >= 0.3 is 0 Å². The fourth-order valence-electron chi connectivity index (χ4n) is 7.01. The molecule has 50 heavy (non-hydrogen) atoms. The quantitative estimate of drug-likeness (QED) is 0.164. The summed E-state index contributed by atoms with van der Waals surface area (Å²) < 4.78 is 31.4. The lowest BCUT2D eigenvalue weighted by atomic mass is 9.85. The third-order valence-corrected chi connectivity index (χ3v) is 9.45. The van der Waals surface area contributed by atoms with Crippen LogP contribution in [0.15, 0.2) is 139 Å². The summed E-state index contributed by atoms with van der Waals surface area (Å²) in [5.74, 6) is 2.08. The van der Waals surface area contributed by atoms with Crippen molar-refractivity contribution in [2.24, 2.45) is 4.99 Å². The highest BCUT2D eigenvalue weighted by Gasteiger charge is 2.22. The second-order valence-electron chi connectivity index (χ2n) is 13.5. The first-order valence-electron chi connectivity index (χ1n) is 18.6. The van der Waals surface area contributed by atoms with Crippen molar-refractivity contribution in [2.45, 2.75) is 46.4 Å². The lowest BCUT2D eigenvalue weighted by molar-refractivity contribution is 0.483. The van der Waals surface area contributed by atoms with Gasteiger partial charge in [0.25, 0.3) is 0 Å². The van der Waals surface area contributed by atoms with Crippen molar-refractivity contribution >= 4 is 22.2 Å². The van der Waals surface area contributed by atoms with E-state index in [1.54, 1.807) is 0 Å². The van der Waals surface area contributed by atoms with Gasteiger partial charge < -0.3 is 4.74 Å². The number of aromatic nitrogens is 2. The van der Waals surface area contributed by atoms with Crippen molar-refractivity contribution in [3.05, 3.63) is 162 Å². The average Bonchev–Trinajstić information content (AvgIpc) is 3.54. The van der Waals surface area contributed by atoms with E-state index in [-0.39, 0.29) is 5.56 Å². The van der Waals surface area contributed by atoms with E-state index in [0.29, 0.717) is 40.3 Å². The molecule has 3 heterocycles. The van der Waals surface area contributed by atoms with Crippen molar-refractivity contribution in [1.29, 1.82) is 0 Å². The van der Waals surface area contributed by atoms with Crippen LogP contribution in [0.4, 0.5) is 5.69 Å². The molecule has 0 saturated heterocycles. The Kier molecular flexibility index (Phi) is 7.21. The molecule has 0 amide bonds. The van der Waals surface area contributed by atoms with Gasteiger partial charge in [-0.2, -0.15) is 0 Å². The fraction of sp³-hybridized carbons (Fsp3) is 0.152. The third-order valence-electron chi connectivity index (χ3n) is 9.45. The molecule has 8 rings (SSSR count). The molecular weight excluding hydrogens is 611 g/mol. The topological polar surface area (TPSA) is 47.4 Å². The van der Waals surface area contributed by atoms with Gasteiger partial charge in [-0.15, -0.1) is 0 Å². The van der Waals surface area contributed by atoms with Gasteiger partial charge in [-0.3, -0.25) is 9.97 Å². The van der Waals surface area contributed by atoms with Crippen LogP contribution in [0.2, 0.25) is 0 Å². The summed E-state index contributed by atoms with van der Waals surface area (Å²) in [6, 6.07) is 40.4. The number of nitrogens with zero attached hydrogens (tertiary/aromatic N) is 3. The number of ether oxygens (including phenoxy) is 1. The molecule has 4 heteroatoms. The predicted octanol–water partition coefficient (Wildman–Crippen LogP) is 12.5. The summed E-state index contributed by atoms with van der Waals surface area (Å²) in [5, 5.41) is 2.10. The standard InChI is InChI=1S/C46H39N3O/c1-28(2)37-17-10-18-38(29(3)4)44(37)34-21-22-47-42(25-34)32-13-6-15-35(23-32)50-36-16-7-14-33(24-36)43-26-40(30(5)27-48-43)46-39-19-8-11-31-12-9-20-41(49-46)45(31)39/h6-29H,1-5H3/i5D3. The molecule has 0 spiro atoms. The zero-order valence-corrected chi connectivity index (χ0v) is 28.6. The van der Waals surface area contributed by atoms with Gasteiger partial charge in [0.2, 0.25) is 0 Å². The summed E-state index contributed by atoms with van der Waals surface area (Å²) in [6.07, 6.45) is 3.35.